The van der Waals surface area contributed by atoms with Crippen molar-refractivity contribution in [2.75, 3.05) is 20.8 Å². The van der Waals surface area contributed by atoms with E-state index in [-0.39, 0.29) is 0 Å². The van der Waals surface area contributed by atoms with Crippen molar-refractivity contribution in [1.82, 2.24) is 14.6 Å². The van der Waals surface area contributed by atoms with Crippen LogP contribution in [0.5, 0.6) is 0 Å². The highest BCUT2D eigenvalue weighted by atomic mass is 16.5. The van der Waals surface area contributed by atoms with Crippen molar-refractivity contribution >= 4 is 11.6 Å². The highest BCUT2D eigenvalue weighted by molar-refractivity contribution is 5.88. The lowest BCUT2D eigenvalue weighted by Crippen LogP contribution is -2.11. The maximum atomic E-state index is 11.6. The van der Waals surface area contributed by atoms with Crippen LogP contribution in [0.25, 0.3) is 5.65 Å². The molecule has 0 radical (unpaired) electrons. The summed E-state index contributed by atoms with van der Waals surface area (Å²) in [5.74, 6) is 0.275. The van der Waals surface area contributed by atoms with Crippen LogP contribution in [0.2, 0.25) is 0 Å². The molecular weight excluding hydrogens is 222 g/mol. The third-order valence-corrected chi connectivity index (χ3v) is 2.42. The Labute approximate surface area is 98.2 Å². The standard InChI is InChI=1S/C11H13N3O3/c1-16-7-6-10-13-12-9-5-3-4-8(14(9)10)11(15)17-2/h3-5H,6-7H2,1-2H3. The average molecular weight is 235 g/mol. The second-order valence-electron chi connectivity index (χ2n) is 3.46. The van der Waals surface area contributed by atoms with Crippen LogP contribution in [0.15, 0.2) is 18.2 Å². The Hall–Kier alpha value is -1.95. The minimum Gasteiger partial charge on any atom is -0.464 e. The molecule has 0 N–H and O–H groups in total. The van der Waals surface area contributed by atoms with Crippen LogP contribution >= 0.6 is 0 Å². The lowest BCUT2D eigenvalue weighted by atomic mass is 10.3. The van der Waals surface area contributed by atoms with E-state index in [0.29, 0.717) is 30.2 Å². The predicted molar refractivity (Wildman–Crippen MR) is 59.9 cm³/mol. The van der Waals surface area contributed by atoms with Crippen molar-refractivity contribution in [2.24, 2.45) is 0 Å². The fourth-order valence-corrected chi connectivity index (χ4v) is 1.62. The van der Waals surface area contributed by atoms with Crippen LogP contribution in [0, 0.1) is 0 Å². The summed E-state index contributed by atoms with van der Waals surface area (Å²) in [6, 6.07) is 5.21. The zero-order valence-corrected chi connectivity index (χ0v) is 9.71. The number of hydrogen-bond acceptors (Lipinski definition) is 5. The number of ether oxygens (including phenoxy) is 2. The van der Waals surface area contributed by atoms with E-state index in [9.17, 15) is 4.79 Å². The monoisotopic (exact) mass is 235 g/mol. The van der Waals surface area contributed by atoms with E-state index in [1.165, 1.54) is 7.11 Å². The first-order valence-corrected chi connectivity index (χ1v) is 5.18. The van der Waals surface area contributed by atoms with Gasteiger partial charge in [-0.1, -0.05) is 6.07 Å². The molecule has 2 heterocycles. The van der Waals surface area contributed by atoms with Gasteiger partial charge < -0.3 is 9.47 Å². The third kappa shape index (κ3) is 2.12. The molecule has 0 aliphatic carbocycles. The molecule has 0 spiro atoms. The molecule has 2 aromatic heterocycles. The molecule has 0 bridgehead atoms. The lowest BCUT2D eigenvalue weighted by Gasteiger charge is -2.05. The van der Waals surface area contributed by atoms with Crippen molar-refractivity contribution in [3.63, 3.8) is 0 Å². The number of fused-ring (bicyclic) bond motifs is 1. The van der Waals surface area contributed by atoms with E-state index in [0.717, 1.165) is 0 Å². The molecule has 0 aromatic carbocycles. The van der Waals surface area contributed by atoms with Crippen LogP contribution in [-0.2, 0) is 15.9 Å². The number of methoxy groups -OCH3 is 2. The van der Waals surface area contributed by atoms with Gasteiger partial charge in [0.05, 0.1) is 13.7 Å². The fourth-order valence-electron chi connectivity index (χ4n) is 1.62. The van der Waals surface area contributed by atoms with E-state index in [2.05, 4.69) is 10.2 Å². The molecule has 6 heteroatoms. The molecule has 17 heavy (non-hydrogen) atoms. The Balaban J connectivity index is 2.51. The smallest absolute Gasteiger partial charge is 0.355 e. The van der Waals surface area contributed by atoms with Gasteiger partial charge in [0.15, 0.2) is 5.65 Å². The van der Waals surface area contributed by atoms with Gasteiger partial charge in [0.25, 0.3) is 0 Å². The topological polar surface area (TPSA) is 65.7 Å². The van der Waals surface area contributed by atoms with Crippen LogP contribution < -0.4 is 0 Å². The minimum absolute atomic E-state index is 0.408. The quantitative estimate of drug-likeness (QED) is 0.730. The number of esters is 1. The van der Waals surface area contributed by atoms with Gasteiger partial charge in [-0.2, -0.15) is 0 Å². The van der Waals surface area contributed by atoms with Gasteiger partial charge in [-0.3, -0.25) is 4.40 Å². The Morgan fingerprint density at radius 3 is 2.88 bits per heavy atom. The van der Waals surface area contributed by atoms with Gasteiger partial charge >= 0.3 is 5.97 Å². The summed E-state index contributed by atoms with van der Waals surface area (Å²) < 4.78 is 11.4. The number of aromatic nitrogens is 3. The molecule has 0 atom stereocenters. The van der Waals surface area contributed by atoms with Crippen LogP contribution in [0.1, 0.15) is 16.3 Å². The molecule has 0 saturated carbocycles. The third-order valence-electron chi connectivity index (χ3n) is 2.42. The van der Waals surface area contributed by atoms with Crippen molar-refractivity contribution in [2.45, 2.75) is 6.42 Å². The van der Waals surface area contributed by atoms with Crippen molar-refractivity contribution < 1.29 is 14.3 Å². The molecule has 0 aliphatic rings. The molecule has 0 aliphatic heterocycles. The SMILES string of the molecule is COCCc1nnc2cccc(C(=O)OC)n12. The Kier molecular flexibility index (Phi) is 3.34. The number of rotatable bonds is 4. The molecule has 0 saturated heterocycles. The number of hydrogen-bond donors (Lipinski definition) is 0. The first-order chi connectivity index (χ1) is 8.27. The summed E-state index contributed by atoms with van der Waals surface area (Å²) in [7, 11) is 2.96. The Morgan fingerprint density at radius 2 is 2.18 bits per heavy atom. The van der Waals surface area contributed by atoms with Gasteiger partial charge in [-0.15, -0.1) is 10.2 Å². The molecule has 0 unspecified atom stereocenters. The normalized spacial score (nSPS) is 10.7. The fraction of sp³-hybridized carbons (Fsp3) is 0.364. The zero-order chi connectivity index (χ0) is 12.3. The van der Waals surface area contributed by atoms with E-state index in [1.807, 2.05) is 0 Å². The van der Waals surface area contributed by atoms with Crippen molar-refractivity contribution in [3.8, 4) is 0 Å². The molecule has 90 valence electrons. The largest absolute Gasteiger partial charge is 0.464 e. The molecular formula is C11H13N3O3. The first-order valence-electron chi connectivity index (χ1n) is 5.18. The summed E-state index contributed by atoms with van der Waals surface area (Å²) in [4.78, 5) is 11.6. The maximum absolute atomic E-state index is 11.6. The summed E-state index contributed by atoms with van der Waals surface area (Å²) in [5.41, 5.74) is 1.04. The van der Waals surface area contributed by atoms with E-state index in [4.69, 9.17) is 9.47 Å². The molecule has 6 nitrogen and oxygen atoms in total. The number of nitrogens with zero attached hydrogens (tertiary/aromatic N) is 3. The van der Waals surface area contributed by atoms with Crippen LogP contribution in [0.4, 0.5) is 0 Å². The molecule has 2 aromatic rings. The summed E-state index contributed by atoms with van der Waals surface area (Å²) in [6.07, 6.45) is 0.589. The predicted octanol–water partition coefficient (Wildman–Crippen LogP) is 0.705. The molecule has 0 fully saturated rings. The van der Waals surface area contributed by atoms with Gasteiger partial charge in [-0.05, 0) is 12.1 Å². The summed E-state index contributed by atoms with van der Waals surface area (Å²) in [5, 5.41) is 8.03. The van der Waals surface area contributed by atoms with Crippen LogP contribution in [-0.4, -0.2) is 41.4 Å². The maximum Gasteiger partial charge on any atom is 0.355 e. The minimum atomic E-state index is -0.408. The molecule has 2 rings (SSSR count). The van der Waals surface area contributed by atoms with Gasteiger partial charge in [0.2, 0.25) is 0 Å². The van der Waals surface area contributed by atoms with Gasteiger partial charge in [0, 0.05) is 13.5 Å². The van der Waals surface area contributed by atoms with E-state index >= 15 is 0 Å². The number of pyridine rings is 1. The Morgan fingerprint density at radius 1 is 1.35 bits per heavy atom. The second-order valence-corrected chi connectivity index (χ2v) is 3.46. The summed E-state index contributed by atoms with van der Waals surface area (Å²) in [6.45, 7) is 0.524. The molecule has 0 amide bonds. The second kappa shape index (κ2) is 4.92. The number of carbonyl (C=O) groups excluding carboxylic acids is 1. The van der Waals surface area contributed by atoms with E-state index in [1.54, 1.807) is 29.7 Å². The average Bonchev–Trinajstić information content (AvgIpc) is 2.78. The van der Waals surface area contributed by atoms with E-state index < -0.39 is 5.97 Å². The lowest BCUT2D eigenvalue weighted by molar-refractivity contribution is 0.0591. The van der Waals surface area contributed by atoms with Gasteiger partial charge in [0.1, 0.15) is 11.5 Å². The number of carbonyl (C=O) groups is 1. The highest BCUT2D eigenvalue weighted by Gasteiger charge is 2.14. The van der Waals surface area contributed by atoms with Crippen LogP contribution in [0.3, 0.4) is 0 Å². The Bertz CT molecular complexity index is 536. The van der Waals surface area contributed by atoms with Gasteiger partial charge in [-0.25, -0.2) is 4.79 Å². The summed E-state index contributed by atoms with van der Waals surface area (Å²) >= 11 is 0. The highest BCUT2D eigenvalue weighted by Crippen LogP contribution is 2.10. The zero-order valence-electron chi connectivity index (χ0n) is 9.71. The first kappa shape index (κ1) is 11.5. The van der Waals surface area contributed by atoms with Crippen molar-refractivity contribution in [3.05, 3.63) is 29.7 Å². The van der Waals surface area contributed by atoms with Crippen molar-refractivity contribution in [1.29, 1.82) is 0 Å².